The Morgan fingerprint density at radius 2 is 1.48 bits per heavy atom. The maximum absolute atomic E-state index is 6.65. The molecule has 114 valence electrons. The molecule has 4 saturated carbocycles. The number of hydrogen-bond donors (Lipinski definition) is 0. The molecule has 0 amide bonds. The molecule has 0 heterocycles. The van der Waals surface area contributed by atoms with Crippen molar-refractivity contribution in [2.45, 2.75) is 70.1 Å². The van der Waals surface area contributed by atoms with E-state index < -0.39 is 0 Å². The molecule has 0 radical (unpaired) electrons. The van der Waals surface area contributed by atoms with Gasteiger partial charge in [-0.05, 0) is 84.3 Å². The number of halogens is 1. The van der Waals surface area contributed by atoms with E-state index in [0.29, 0.717) is 5.41 Å². The minimum Gasteiger partial charge on any atom is -0.0840 e. The lowest BCUT2D eigenvalue weighted by Crippen LogP contribution is -2.48. The minimum absolute atomic E-state index is 0.136. The molecule has 0 saturated heterocycles. The molecule has 0 nitrogen and oxygen atoms in total. The molecule has 4 bridgehead atoms. The topological polar surface area (TPSA) is 0 Å². The zero-order chi connectivity index (χ0) is 14.8. The summed E-state index contributed by atoms with van der Waals surface area (Å²) in [5, 5.41) is 0.982. The third kappa shape index (κ3) is 2.25. The lowest BCUT2D eigenvalue weighted by atomic mass is 9.48. The van der Waals surface area contributed by atoms with Gasteiger partial charge in [0.25, 0.3) is 0 Å². The largest absolute Gasteiger partial charge is 0.0840 e. The molecular weight excluding hydrogens is 276 g/mol. The first-order valence-electron chi connectivity index (χ1n) is 8.66. The highest BCUT2D eigenvalue weighted by Gasteiger charge is 2.51. The molecule has 0 aromatic heterocycles. The smallest absolute Gasteiger partial charge is 0.0446 e. The highest BCUT2D eigenvalue weighted by Crippen LogP contribution is 2.61. The highest BCUT2D eigenvalue weighted by atomic mass is 35.5. The van der Waals surface area contributed by atoms with Crippen molar-refractivity contribution in [2.75, 3.05) is 0 Å². The SMILES string of the molecule is CC(C)(C)c1ccc(C23CC4CC(CC(C4)C2)C3)cc1Cl. The molecule has 0 spiro atoms. The lowest BCUT2D eigenvalue weighted by Gasteiger charge is -2.57. The predicted molar refractivity (Wildman–Crippen MR) is 90.0 cm³/mol. The molecule has 21 heavy (non-hydrogen) atoms. The molecule has 1 aromatic rings. The van der Waals surface area contributed by atoms with Crippen molar-refractivity contribution in [3.05, 3.63) is 34.3 Å². The number of benzene rings is 1. The van der Waals surface area contributed by atoms with Crippen LogP contribution in [0.5, 0.6) is 0 Å². The highest BCUT2D eigenvalue weighted by molar-refractivity contribution is 6.31. The van der Waals surface area contributed by atoms with Gasteiger partial charge >= 0.3 is 0 Å². The van der Waals surface area contributed by atoms with Crippen LogP contribution in [-0.4, -0.2) is 0 Å². The van der Waals surface area contributed by atoms with Gasteiger partial charge in [0.1, 0.15) is 0 Å². The van der Waals surface area contributed by atoms with E-state index in [4.69, 9.17) is 11.6 Å². The van der Waals surface area contributed by atoms with Gasteiger partial charge < -0.3 is 0 Å². The monoisotopic (exact) mass is 302 g/mol. The van der Waals surface area contributed by atoms with Gasteiger partial charge in [0.2, 0.25) is 0 Å². The summed E-state index contributed by atoms with van der Waals surface area (Å²) in [5.41, 5.74) is 3.43. The second-order valence-electron chi connectivity index (χ2n) is 9.14. The van der Waals surface area contributed by atoms with Gasteiger partial charge in [-0.15, -0.1) is 0 Å². The van der Waals surface area contributed by atoms with Crippen LogP contribution >= 0.6 is 11.6 Å². The molecule has 0 unspecified atom stereocenters. The first-order valence-corrected chi connectivity index (χ1v) is 9.04. The van der Waals surface area contributed by atoms with Crippen molar-refractivity contribution in [1.29, 1.82) is 0 Å². The third-order valence-corrected chi connectivity index (χ3v) is 6.74. The first kappa shape index (κ1) is 14.1. The normalized spacial score (nSPS) is 38.0. The van der Waals surface area contributed by atoms with Crippen molar-refractivity contribution in [2.24, 2.45) is 17.8 Å². The van der Waals surface area contributed by atoms with E-state index in [1.807, 2.05) is 0 Å². The molecule has 0 N–H and O–H groups in total. The van der Waals surface area contributed by atoms with E-state index in [1.54, 1.807) is 5.56 Å². The van der Waals surface area contributed by atoms with Gasteiger partial charge in [-0.25, -0.2) is 0 Å². The Kier molecular flexibility index (Phi) is 3.03. The fourth-order valence-corrected chi connectivity index (χ4v) is 6.38. The van der Waals surface area contributed by atoms with Crippen LogP contribution in [0.25, 0.3) is 0 Å². The average Bonchev–Trinajstić information content (AvgIpc) is 2.35. The van der Waals surface area contributed by atoms with Gasteiger partial charge in [-0.2, -0.15) is 0 Å². The molecule has 5 rings (SSSR count). The average molecular weight is 303 g/mol. The van der Waals surface area contributed by atoms with Crippen molar-refractivity contribution in [3.63, 3.8) is 0 Å². The summed E-state index contributed by atoms with van der Waals surface area (Å²) >= 11 is 6.65. The van der Waals surface area contributed by atoms with Crippen LogP contribution in [0, 0.1) is 17.8 Å². The van der Waals surface area contributed by atoms with E-state index in [1.165, 1.54) is 44.1 Å². The summed E-state index contributed by atoms with van der Waals surface area (Å²) < 4.78 is 0. The Hall–Kier alpha value is -0.490. The van der Waals surface area contributed by atoms with Gasteiger partial charge in [0.05, 0.1) is 0 Å². The van der Waals surface area contributed by atoms with Crippen LogP contribution in [-0.2, 0) is 10.8 Å². The molecule has 1 aromatic carbocycles. The van der Waals surface area contributed by atoms with E-state index in [9.17, 15) is 0 Å². The molecule has 0 aliphatic heterocycles. The maximum atomic E-state index is 6.65. The Morgan fingerprint density at radius 3 is 1.90 bits per heavy atom. The molecule has 0 atom stereocenters. The summed E-state index contributed by atoms with van der Waals surface area (Å²) in [6.45, 7) is 6.75. The summed E-state index contributed by atoms with van der Waals surface area (Å²) in [7, 11) is 0. The fraction of sp³-hybridized carbons (Fsp3) is 0.700. The number of hydrogen-bond acceptors (Lipinski definition) is 0. The molecule has 4 fully saturated rings. The number of rotatable bonds is 1. The van der Waals surface area contributed by atoms with Crippen LogP contribution in [0.2, 0.25) is 5.02 Å². The third-order valence-electron chi connectivity index (χ3n) is 6.43. The molecule has 4 aliphatic rings. The van der Waals surface area contributed by atoms with Gasteiger partial charge in [0, 0.05) is 5.02 Å². The summed E-state index contributed by atoms with van der Waals surface area (Å²) in [5.74, 6) is 2.99. The summed E-state index contributed by atoms with van der Waals surface area (Å²) in [6.07, 6.45) is 8.78. The Morgan fingerprint density at radius 1 is 0.952 bits per heavy atom. The zero-order valence-electron chi connectivity index (χ0n) is 13.6. The van der Waals surface area contributed by atoms with Crippen LogP contribution in [0.15, 0.2) is 18.2 Å². The second-order valence-corrected chi connectivity index (χ2v) is 9.55. The lowest BCUT2D eigenvalue weighted by molar-refractivity contribution is -0.00519. The van der Waals surface area contributed by atoms with Gasteiger partial charge in [0.15, 0.2) is 0 Å². The Labute approximate surface area is 134 Å². The van der Waals surface area contributed by atoms with Gasteiger partial charge in [-0.1, -0.05) is 44.5 Å². The minimum atomic E-state index is 0.136. The Bertz CT molecular complexity index is 528. The van der Waals surface area contributed by atoms with E-state index in [0.717, 1.165) is 22.8 Å². The van der Waals surface area contributed by atoms with Crippen molar-refractivity contribution >= 4 is 11.6 Å². The first-order chi connectivity index (χ1) is 9.86. The Balaban J connectivity index is 1.72. The quantitative estimate of drug-likeness (QED) is 0.587. The zero-order valence-corrected chi connectivity index (χ0v) is 14.3. The van der Waals surface area contributed by atoms with Crippen molar-refractivity contribution in [1.82, 2.24) is 0 Å². The van der Waals surface area contributed by atoms with Crippen molar-refractivity contribution in [3.8, 4) is 0 Å². The predicted octanol–water partition coefficient (Wildman–Crippen LogP) is 6.11. The van der Waals surface area contributed by atoms with Crippen LogP contribution < -0.4 is 0 Å². The van der Waals surface area contributed by atoms with E-state index in [-0.39, 0.29) is 5.41 Å². The van der Waals surface area contributed by atoms with Crippen LogP contribution in [0.1, 0.15) is 70.4 Å². The van der Waals surface area contributed by atoms with Crippen LogP contribution in [0.4, 0.5) is 0 Å². The van der Waals surface area contributed by atoms with Crippen molar-refractivity contribution < 1.29 is 0 Å². The molecule has 1 heteroatoms. The second kappa shape index (κ2) is 4.51. The summed E-state index contributed by atoms with van der Waals surface area (Å²) in [6, 6.07) is 7.02. The fourth-order valence-electron chi connectivity index (χ4n) is 5.92. The molecule has 4 aliphatic carbocycles. The maximum Gasteiger partial charge on any atom is 0.0446 e. The molecular formula is C20H27Cl. The summed E-state index contributed by atoms with van der Waals surface area (Å²) in [4.78, 5) is 0. The standard InChI is InChI=1S/C20H27Cl/c1-19(2,3)17-5-4-16(9-18(17)21)20-10-13-6-14(11-20)8-15(7-13)12-20/h4-5,9,13-15H,6-8,10-12H2,1-3H3. The van der Waals surface area contributed by atoms with Crippen LogP contribution in [0.3, 0.4) is 0 Å². The van der Waals surface area contributed by atoms with E-state index >= 15 is 0 Å². The van der Waals surface area contributed by atoms with E-state index in [2.05, 4.69) is 39.0 Å². The van der Waals surface area contributed by atoms with Gasteiger partial charge in [-0.3, -0.25) is 0 Å².